The van der Waals surface area contributed by atoms with Crippen LogP contribution in [0.25, 0.3) is 10.9 Å². The summed E-state index contributed by atoms with van der Waals surface area (Å²) in [7, 11) is 0. The van der Waals surface area contributed by atoms with Gasteiger partial charge in [-0.05, 0) is 65.4 Å². The number of aromatic nitrogens is 5. The highest BCUT2D eigenvalue weighted by Crippen LogP contribution is 2.27. The van der Waals surface area contributed by atoms with Crippen LogP contribution in [0.15, 0.2) is 53.3 Å². The highest BCUT2D eigenvalue weighted by atomic mass is 19.1. The molecule has 0 radical (unpaired) electrons. The van der Waals surface area contributed by atoms with Crippen LogP contribution in [0.1, 0.15) is 48.8 Å². The summed E-state index contributed by atoms with van der Waals surface area (Å²) < 4.78 is 20.0. The van der Waals surface area contributed by atoms with E-state index in [4.69, 9.17) is 4.74 Å². The first-order chi connectivity index (χ1) is 17.4. The van der Waals surface area contributed by atoms with Crippen LogP contribution in [0.2, 0.25) is 0 Å². The molecule has 1 unspecified atom stereocenters. The summed E-state index contributed by atoms with van der Waals surface area (Å²) in [5.74, 6) is -0.273. The fourth-order valence-corrected chi connectivity index (χ4v) is 4.36. The molecule has 4 rings (SSSR count). The molecule has 0 saturated carbocycles. The molecule has 4 aromatic rings. The van der Waals surface area contributed by atoms with E-state index in [2.05, 4.69) is 25.4 Å². The van der Waals surface area contributed by atoms with Gasteiger partial charge in [0.15, 0.2) is 5.82 Å². The Hall–Kier alpha value is -3.92. The predicted molar refractivity (Wildman–Crippen MR) is 132 cm³/mol. The van der Waals surface area contributed by atoms with E-state index in [1.54, 1.807) is 19.1 Å². The van der Waals surface area contributed by atoms with Gasteiger partial charge in [-0.15, -0.1) is 5.10 Å². The fraction of sp³-hybridized carbons (Fsp3) is 0.346. The summed E-state index contributed by atoms with van der Waals surface area (Å²) >= 11 is 0. The number of tetrazole rings is 1. The zero-order valence-corrected chi connectivity index (χ0v) is 20.6. The van der Waals surface area contributed by atoms with E-state index in [0.29, 0.717) is 30.9 Å². The van der Waals surface area contributed by atoms with Gasteiger partial charge in [-0.2, -0.15) is 0 Å². The van der Waals surface area contributed by atoms with E-state index in [9.17, 15) is 14.0 Å². The highest BCUT2D eigenvalue weighted by Gasteiger charge is 2.27. The summed E-state index contributed by atoms with van der Waals surface area (Å²) in [5, 5.41) is 12.9. The number of aromatic amines is 1. The number of halogens is 1. The number of aryl methyl sites for hydroxylation is 1. The van der Waals surface area contributed by atoms with Crippen molar-refractivity contribution in [2.45, 2.75) is 52.9 Å². The standard InChI is InChI=1S/C26H29FN6O3/c1-4-22(25-29-30-31-33(25)16-23(34)36-5-2)32(14-18-9-11-21(27)12-10-18)15-20-13-19-8-6-7-17(3)24(19)28-26(20)35/h6-13,22H,4-5,14-16H2,1-3H3,(H,28,35). The fourth-order valence-electron chi connectivity index (χ4n) is 4.36. The highest BCUT2D eigenvalue weighted by molar-refractivity contribution is 5.81. The first kappa shape index (κ1) is 25.2. The molecule has 1 atom stereocenters. The third-order valence-corrected chi connectivity index (χ3v) is 6.11. The van der Waals surface area contributed by atoms with Crippen molar-refractivity contribution in [3.05, 3.63) is 87.2 Å². The van der Waals surface area contributed by atoms with Crippen molar-refractivity contribution in [3.63, 3.8) is 0 Å². The van der Waals surface area contributed by atoms with Crippen molar-refractivity contribution in [2.75, 3.05) is 6.61 Å². The second kappa shape index (κ2) is 11.2. The number of para-hydroxylation sites is 1. The van der Waals surface area contributed by atoms with Gasteiger partial charge in [0.05, 0.1) is 18.2 Å². The van der Waals surface area contributed by atoms with Crippen molar-refractivity contribution in [1.29, 1.82) is 0 Å². The van der Waals surface area contributed by atoms with Crippen LogP contribution in [0.4, 0.5) is 4.39 Å². The normalized spacial score (nSPS) is 12.2. The van der Waals surface area contributed by atoms with Gasteiger partial charge in [0.25, 0.3) is 5.56 Å². The van der Waals surface area contributed by atoms with Crippen molar-refractivity contribution in [3.8, 4) is 0 Å². The van der Waals surface area contributed by atoms with Crippen LogP contribution >= 0.6 is 0 Å². The lowest BCUT2D eigenvalue weighted by Crippen LogP contribution is -2.33. The van der Waals surface area contributed by atoms with Gasteiger partial charge in [-0.3, -0.25) is 14.5 Å². The number of pyridine rings is 1. The Morgan fingerprint density at radius 3 is 2.67 bits per heavy atom. The van der Waals surface area contributed by atoms with Crippen molar-refractivity contribution >= 4 is 16.9 Å². The van der Waals surface area contributed by atoms with Gasteiger partial charge >= 0.3 is 5.97 Å². The second-order valence-electron chi connectivity index (χ2n) is 8.62. The Balaban J connectivity index is 1.72. The first-order valence-electron chi connectivity index (χ1n) is 11.9. The molecule has 0 amide bonds. The number of carbonyl (C=O) groups excluding carboxylic acids is 1. The number of carbonyl (C=O) groups is 1. The molecule has 0 aliphatic carbocycles. The molecule has 9 nitrogen and oxygen atoms in total. The Kier molecular flexibility index (Phi) is 7.84. The molecule has 188 valence electrons. The lowest BCUT2D eigenvalue weighted by Gasteiger charge is -2.30. The average molecular weight is 493 g/mol. The monoisotopic (exact) mass is 492 g/mol. The lowest BCUT2D eigenvalue weighted by molar-refractivity contribution is -0.144. The Morgan fingerprint density at radius 2 is 1.94 bits per heavy atom. The van der Waals surface area contributed by atoms with Crippen LogP contribution in [0, 0.1) is 12.7 Å². The molecule has 0 saturated heterocycles. The number of esters is 1. The van der Waals surface area contributed by atoms with E-state index < -0.39 is 5.97 Å². The molecule has 36 heavy (non-hydrogen) atoms. The zero-order chi connectivity index (χ0) is 25.7. The third kappa shape index (κ3) is 5.65. The molecule has 0 spiro atoms. The second-order valence-corrected chi connectivity index (χ2v) is 8.62. The summed E-state index contributed by atoms with van der Waals surface area (Å²) in [6.07, 6.45) is 0.606. The third-order valence-electron chi connectivity index (χ3n) is 6.11. The topological polar surface area (TPSA) is 106 Å². The molecule has 2 aromatic carbocycles. The summed E-state index contributed by atoms with van der Waals surface area (Å²) in [6.45, 7) is 6.52. The molecule has 10 heteroatoms. The maximum absolute atomic E-state index is 13.6. The maximum atomic E-state index is 13.6. The summed E-state index contributed by atoms with van der Waals surface area (Å²) in [6, 6.07) is 13.7. The van der Waals surface area contributed by atoms with Crippen molar-refractivity contribution in [2.24, 2.45) is 0 Å². The minimum Gasteiger partial charge on any atom is -0.465 e. The largest absolute Gasteiger partial charge is 0.465 e. The molecule has 2 aromatic heterocycles. The van der Waals surface area contributed by atoms with Crippen LogP contribution < -0.4 is 5.56 Å². The number of hydrogen-bond acceptors (Lipinski definition) is 7. The van der Waals surface area contributed by atoms with Crippen LogP contribution in [0.3, 0.4) is 0 Å². The minimum absolute atomic E-state index is 0.118. The van der Waals surface area contributed by atoms with E-state index in [0.717, 1.165) is 22.0 Å². The predicted octanol–water partition coefficient (Wildman–Crippen LogP) is 3.68. The molecule has 0 bridgehead atoms. The van der Waals surface area contributed by atoms with Gasteiger partial charge in [-0.1, -0.05) is 37.3 Å². The molecule has 0 fully saturated rings. The van der Waals surface area contributed by atoms with Gasteiger partial charge in [0, 0.05) is 18.7 Å². The average Bonchev–Trinajstić information content (AvgIpc) is 3.29. The van der Waals surface area contributed by atoms with Crippen LogP contribution in [0.5, 0.6) is 0 Å². The number of fused-ring (bicyclic) bond motifs is 1. The number of nitrogens with zero attached hydrogens (tertiary/aromatic N) is 5. The molecular formula is C26H29FN6O3. The zero-order valence-electron chi connectivity index (χ0n) is 20.6. The molecule has 1 N–H and O–H groups in total. The smallest absolute Gasteiger partial charge is 0.327 e. The van der Waals surface area contributed by atoms with Gasteiger partial charge in [0.2, 0.25) is 0 Å². The quantitative estimate of drug-likeness (QED) is 0.337. The van der Waals surface area contributed by atoms with E-state index in [-0.39, 0.29) is 30.6 Å². The molecule has 0 aliphatic heterocycles. The number of nitrogens with one attached hydrogen (secondary N) is 1. The van der Waals surface area contributed by atoms with E-state index in [1.807, 2.05) is 38.1 Å². The number of rotatable bonds is 10. The Bertz CT molecular complexity index is 1400. The number of benzene rings is 2. The van der Waals surface area contributed by atoms with Crippen molar-refractivity contribution < 1.29 is 13.9 Å². The summed E-state index contributed by atoms with van der Waals surface area (Å²) in [4.78, 5) is 30.3. The number of ether oxygens (including phenoxy) is 1. The van der Waals surface area contributed by atoms with E-state index >= 15 is 0 Å². The van der Waals surface area contributed by atoms with Gasteiger partial charge < -0.3 is 9.72 Å². The Morgan fingerprint density at radius 1 is 1.17 bits per heavy atom. The molecule has 0 aliphatic rings. The van der Waals surface area contributed by atoms with Crippen molar-refractivity contribution in [1.82, 2.24) is 30.1 Å². The minimum atomic E-state index is -0.438. The van der Waals surface area contributed by atoms with E-state index in [1.165, 1.54) is 16.8 Å². The van der Waals surface area contributed by atoms with Crippen LogP contribution in [-0.4, -0.2) is 42.7 Å². The first-order valence-corrected chi connectivity index (χ1v) is 11.9. The molecule has 2 heterocycles. The summed E-state index contributed by atoms with van der Waals surface area (Å²) in [5.41, 5.74) is 3.07. The van der Waals surface area contributed by atoms with Gasteiger partial charge in [0.1, 0.15) is 12.4 Å². The Labute approximate surface area is 207 Å². The lowest BCUT2D eigenvalue weighted by atomic mass is 10.1. The number of H-pyrrole nitrogens is 1. The van der Waals surface area contributed by atoms with Crippen LogP contribution in [-0.2, 0) is 29.2 Å². The maximum Gasteiger partial charge on any atom is 0.327 e. The molecular weight excluding hydrogens is 463 g/mol. The number of hydrogen-bond donors (Lipinski definition) is 1. The van der Waals surface area contributed by atoms with Gasteiger partial charge in [-0.25, -0.2) is 9.07 Å². The SMILES string of the molecule is CCOC(=O)Cn1nnnc1C(CC)N(Cc1ccc(F)cc1)Cc1cc2cccc(C)c2[nH]c1=O.